The van der Waals surface area contributed by atoms with Gasteiger partial charge in [-0.15, -0.1) is 24.8 Å². The summed E-state index contributed by atoms with van der Waals surface area (Å²) in [4.78, 5) is 10.2. The fourth-order valence-electron chi connectivity index (χ4n) is 0.226. The van der Waals surface area contributed by atoms with Crippen molar-refractivity contribution in [2.24, 2.45) is 5.73 Å². The summed E-state index contributed by atoms with van der Waals surface area (Å²) < 4.78 is 4.18. The molecule has 0 saturated carbocycles. The number of carbonyl (C=O) groups excluding carboxylic acids is 1. The summed E-state index contributed by atoms with van der Waals surface area (Å²) in [5, 5.41) is 8.21. The van der Waals surface area contributed by atoms with Crippen LogP contribution in [0.25, 0.3) is 0 Å². The number of nitrogens with two attached hydrogens (primary N) is 1. The van der Waals surface area contributed by atoms with Crippen molar-refractivity contribution in [3.63, 3.8) is 0 Å². The van der Waals surface area contributed by atoms with Gasteiger partial charge in [-0.1, -0.05) is 0 Å². The van der Waals surface area contributed by atoms with Crippen LogP contribution in [0.5, 0.6) is 0 Å². The summed E-state index contributed by atoms with van der Waals surface area (Å²) in [6.07, 6.45) is 0. The maximum atomic E-state index is 10.2. The van der Waals surface area contributed by atoms with Crippen LogP contribution in [0.1, 0.15) is 0 Å². The van der Waals surface area contributed by atoms with Gasteiger partial charge in [0.15, 0.2) is 0 Å². The van der Waals surface area contributed by atoms with Crippen LogP contribution in [0.2, 0.25) is 0 Å². The van der Waals surface area contributed by atoms with Crippen LogP contribution in [-0.2, 0) is 9.53 Å². The van der Waals surface area contributed by atoms with Gasteiger partial charge in [0.2, 0.25) is 0 Å². The van der Waals surface area contributed by atoms with Crippen LogP contribution < -0.4 is 5.73 Å². The molecule has 10 heavy (non-hydrogen) atoms. The lowest BCUT2D eigenvalue weighted by Gasteiger charge is -2.02. The Morgan fingerprint density at radius 3 is 2.20 bits per heavy atom. The van der Waals surface area contributed by atoms with Gasteiger partial charge in [-0.05, 0) is 0 Å². The molecule has 0 rings (SSSR count). The Morgan fingerprint density at radius 1 is 1.70 bits per heavy atom. The second-order valence-corrected chi connectivity index (χ2v) is 1.31. The molecule has 0 fully saturated rings. The van der Waals surface area contributed by atoms with E-state index in [2.05, 4.69) is 4.74 Å². The zero-order chi connectivity index (χ0) is 6.57. The highest BCUT2D eigenvalue weighted by molar-refractivity contribution is 5.85. The van der Waals surface area contributed by atoms with Crippen molar-refractivity contribution in [3.8, 4) is 0 Å². The van der Waals surface area contributed by atoms with E-state index in [1.807, 2.05) is 0 Å². The Labute approximate surface area is 71.5 Å². The smallest absolute Gasteiger partial charge is 0.325 e. The van der Waals surface area contributed by atoms with E-state index in [0.717, 1.165) is 0 Å². The van der Waals surface area contributed by atoms with Gasteiger partial charge in [0.1, 0.15) is 6.04 Å². The minimum atomic E-state index is -0.889. The maximum Gasteiger partial charge on any atom is 0.325 e. The molecule has 0 radical (unpaired) electrons. The van der Waals surface area contributed by atoms with E-state index in [1.54, 1.807) is 0 Å². The number of aliphatic hydroxyl groups excluding tert-OH is 1. The Morgan fingerprint density at radius 2 is 2.10 bits per heavy atom. The van der Waals surface area contributed by atoms with E-state index in [-0.39, 0.29) is 31.4 Å². The number of carbonyl (C=O) groups is 1. The summed E-state index contributed by atoms with van der Waals surface area (Å²) in [6.45, 7) is -0.368. The first-order valence-corrected chi connectivity index (χ1v) is 2.16. The second kappa shape index (κ2) is 8.97. The van der Waals surface area contributed by atoms with Gasteiger partial charge in [-0.25, -0.2) is 0 Å². The maximum absolute atomic E-state index is 10.2. The van der Waals surface area contributed by atoms with Gasteiger partial charge < -0.3 is 15.6 Å². The topological polar surface area (TPSA) is 72.5 Å². The van der Waals surface area contributed by atoms with Crippen molar-refractivity contribution in [1.82, 2.24) is 0 Å². The molecule has 0 unspecified atom stereocenters. The summed E-state index contributed by atoms with van der Waals surface area (Å²) in [6, 6.07) is -0.889. The van der Waals surface area contributed by atoms with Crippen molar-refractivity contribution >= 4 is 30.8 Å². The Bertz CT molecular complexity index is 90.6. The Kier molecular flexibility index (Phi) is 14.8. The molecule has 0 saturated heterocycles. The van der Waals surface area contributed by atoms with Gasteiger partial charge in [-0.2, -0.15) is 0 Å². The highest BCUT2D eigenvalue weighted by Crippen LogP contribution is 1.78. The largest absolute Gasteiger partial charge is 0.468 e. The molecule has 3 N–H and O–H groups in total. The van der Waals surface area contributed by atoms with E-state index in [4.69, 9.17) is 10.8 Å². The average Bonchev–Trinajstić information content (AvgIpc) is 1.84. The standard InChI is InChI=1S/C4H9NO3.2ClH/c1-8-4(7)3(5)2-6;;/h3,6H,2,5H2,1H3;2*1H/t3-;;/m0../s1. The first kappa shape index (κ1) is 16.5. The van der Waals surface area contributed by atoms with Crippen molar-refractivity contribution in [2.45, 2.75) is 6.04 Å². The van der Waals surface area contributed by atoms with E-state index in [9.17, 15) is 4.79 Å². The minimum Gasteiger partial charge on any atom is -0.468 e. The number of rotatable bonds is 2. The second-order valence-electron chi connectivity index (χ2n) is 1.31. The van der Waals surface area contributed by atoms with E-state index < -0.39 is 12.0 Å². The zero-order valence-corrected chi connectivity index (χ0v) is 7.08. The van der Waals surface area contributed by atoms with Crippen LogP contribution in [-0.4, -0.2) is 30.8 Å². The number of hydrogen-bond acceptors (Lipinski definition) is 4. The van der Waals surface area contributed by atoms with Crippen LogP contribution in [0.3, 0.4) is 0 Å². The van der Waals surface area contributed by atoms with E-state index in [0.29, 0.717) is 0 Å². The van der Waals surface area contributed by atoms with Gasteiger partial charge in [0.25, 0.3) is 0 Å². The van der Waals surface area contributed by atoms with Gasteiger partial charge in [0, 0.05) is 0 Å². The highest BCUT2D eigenvalue weighted by atomic mass is 35.5. The summed E-state index contributed by atoms with van der Waals surface area (Å²) in [5.41, 5.74) is 5.00. The van der Waals surface area contributed by atoms with E-state index >= 15 is 0 Å². The van der Waals surface area contributed by atoms with Crippen LogP contribution in [0, 0.1) is 0 Å². The quantitative estimate of drug-likeness (QED) is 0.568. The fourth-order valence-corrected chi connectivity index (χ4v) is 0.226. The lowest BCUT2D eigenvalue weighted by Crippen LogP contribution is -2.34. The Balaban J connectivity index is -0.000000245. The van der Waals surface area contributed by atoms with Crippen LogP contribution in [0.15, 0.2) is 0 Å². The first-order valence-electron chi connectivity index (χ1n) is 2.16. The fraction of sp³-hybridized carbons (Fsp3) is 0.750. The number of halogens is 2. The molecule has 0 aliphatic carbocycles. The van der Waals surface area contributed by atoms with Crippen molar-refractivity contribution in [3.05, 3.63) is 0 Å². The molecule has 0 bridgehead atoms. The number of aliphatic hydroxyl groups is 1. The van der Waals surface area contributed by atoms with Crippen molar-refractivity contribution in [2.75, 3.05) is 13.7 Å². The molecule has 64 valence electrons. The molecule has 1 atom stereocenters. The predicted molar refractivity (Wildman–Crippen MR) is 41.6 cm³/mol. The average molecular weight is 192 g/mol. The summed E-state index contributed by atoms with van der Waals surface area (Å²) in [7, 11) is 1.22. The molecule has 4 nitrogen and oxygen atoms in total. The molecule has 0 amide bonds. The number of ether oxygens (including phenoxy) is 1. The summed E-state index contributed by atoms with van der Waals surface area (Å²) >= 11 is 0. The lowest BCUT2D eigenvalue weighted by atomic mass is 10.3. The molecule has 6 heteroatoms. The summed E-state index contributed by atoms with van der Waals surface area (Å²) in [5.74, 6) is -0.590. The van der Waals surface area contributed by atoms with Crippen LogP contribution >= 0.6 is 24.8 Å². The number of esters is 1. The van der Waals surface area contributed by atoms with Crippen molar-refractivity contribution < 1.29 is 14.6 Å². The molecule has 0 aromatic rings. The molecule has 0 aromatic heterocycles. The van der Waals surface area contributed by atoms with Gasteiger partial charge in [0.05, 0.1) is 13.7 Å². The van der Waals surface area contributed by atoms with Crippen LogP contribution in [0.4, 0.5) is 0 Å². The lowest BCUT2D eigenvalue weighted by molar-refractivity contribution is -0.143. The van der Waals surface area contributed by atoms with E-state index in [1.165, 1.54) is 7.11 Å². The Hall–Kier alpha value is -0.0300. The molecular weight excluding hydrogens is 181 g/mol. The molecule has 0 aliphatic rings. The number of methoxy groups -OCH3 is 1. The zero-order valence-electron chi connectivity index (χ0n) is 5.44. The van der Waals surface area contributed by atoms with Gasteiger partial charge >= 0.3 is 5.97 Å². The normalized spacial score (nSPS) is 10.3. The first-order chi connectivity index (χ1) is 3.72. The molecular formula is C4H11Cl2NO3. The van der Waals surface area contributed by atoms with Gasteiger partial charge in [-0.3, -0.25) is 4.79 Å². The number of hydrogen-bond donors (Lipinski definition) is 2. The third-order valence-corrected chi connectivity index (χ3v) is 0.701. The molecule has 0 aliphatic heterocycles. The van der Waals surface area contributed by atoms with Crippen molar-refractivity contribution in [1.29, 1.82) is 0 Å². The molecule has 0 spiro atoms. The third kappa shape index (κ3) is 6.10. The molecule has 0 heterocycles. The molecule has 0 aromatic carbocycles. The SMILES string of the molecule is COC(=O)[C@@H](N)CO.Cl.Cl. The predicted octanol–water partition coefficient (Wildman–Crippen LogP) is -0.677. The third-order valence-electron chi connectivity index (χ3n) is 0.701. The highest BCUT2D eigenvalue weighted by Gasteiger charge is 2.10. The minimum absolute atomic E-state index is 0. The monoisotopic (exact) mass is 191 g/mol.